The van der Waals surface area contributed by atoms with Crippen molar-refractivity contribution < 1.29 is 18.7 Å². The second-order valence-electron chi connectivity index (χ2n) is 7.27. The molecule has 2 N–H and O–H groups in total. The Hall–Kier alpha value is -2.11. The fraction of sp³-hybridized carbons (Fsp3) is 0.478. The number of benzene rings is 1. The van der Waals surface area contributed by atoms with Gasteiger partial charge in [-0.25, -0.2) is 0 Å². The van der Waals surface area contributed by atoms with E-state index in [1.807, 2.05) is 47.4 Å². The number of carbonyl (C=O) groups excluding carboxylic acids is 1. The monoisotopic (exact) mass is 556 g/mol. The Morgan fingerprint density at radius 2 is 1.94 bits per heavy atom. The Bertz CT molecular complexity index is 796. The number of amides is 1. The van der Waals surface area contributed by atoms with Crippen LogP contribution in [0.25, 0.3) is 0 Å². The number of ether oxygens (including phenoxy) is 2. The molecule has 2 heterocycles. The molecule has 3 rings (SSSR count). The van der Waals surface area contributed by atoms with E-state index in [-0.39, 0.29) is 35.8 Å². The number of hydrogen-bond donors (Lipinski definition) is 2. The first-order chi connectivity index (χ1) is 15.3. The molecule has 1 saturated heterocycles. The highest BCUT2D eigenvalue weighted by atomic mass is 127. The molecule has 32 heavy (non-hydrogen) atoms. The summed E-state index contributed by atoms with van der Waals surface area (Å²) in [7, 11) is 1.73. The lowest BCUT2D eigenvalue weighted by Crippen LogP contribution is -2.47. The maximum Gasteiger partial charge on any atom is 0.232 e. The van der Waals surface area contributed by atoms with Crippen molar-refractivity contribution in [1.29, 1.82) is 0 Å². The average molecular weight is 556 g/mol. The van der Waals surface area contributed by atoms with Crippen LogP contribution in [0.5, 0.6) is 0 Å². The third-order valence-electron chi connectivity index (χ3n) is 5.10. The molecular formula is C23H33IN4O4. The third-order valence-corrected chi connectivity index (χ3v) is 5.10. The number of nitrogens with one attached hydrogen (secondary N) is 2. The molecule has 0 aliphatic carbocycles. The highest BCUT2D eigenvalue weighted by molar-refractivity contribution is 14.0. The number of rotatable bonds is 10. The molecule has 8 nitrogen and oxygen atoms in total. The summed E-state index contributed by atoms with van der Waals surface area (Å²) in [4.78, 5) is 19.3. The Kier molecular flexibility index (Phi) is 12.1. The summed E-state index contributed by atoms with van der Waals surface area (Å²) in [6.45, 7) is 4.72. The number of morpholine rings is 1. The van der Waals surface area contributed by atoms with Crippen LogP contribution in [-0.2, 0) is 20.9 Å². The topological polar surface area (TPSA) is 88.3 Å². The molecule has 0 radical (unpaired) electrons. The molecule has 1 aliphatic rings. The van der Waals surface area contributed by atoms with Gasteiger partial charge in [0.2, 0.25) is 5.91 Å². The number of furan rings is 1. The van der Waals surface area contributed by atoms with E-state index in [1.165, 1.54) is 0 Å². The van der Waals surface area contributed by atoms with Crippen LogP contribution in [0, 0.1) is 0 Å². The van der Waals surface area contributed by atoms with Gasteiger partial charge >= 0.3 is 0 Å². The first-order valence-electron chi connectivity index (χ1n) is 10.7. The highest BCUT2D eigenvalue weighted by Crippen LogP contribution is 2.18. The fourth-order valence-electron chi connectivity index (χ4n) is 3.41. The molecule has 0 bridgehead atoms. The zero-order valence-corrected chi connectivity index (χ0v) is 20.8. The number of hydrogen-bond acceptors (Lipinski definition) is 5. The van der Waals surface area contributed by atoms with Crippen LogP contribution in [0.3, 0.4) is 0 Å². The lowest BCUT2D eigenvalue weighted by Gasteiger charge is -2.31. The van der Waals surface area contributed by atoms with Crippen LogP contribution >= 0.6 is 24.0 Å². The Labute approximate surface area is 206 Å². The molecule has 2 aromatic rings. The number of guanidine groups is 1. The summed E-state index contributed by atoms with van der Waals surface area (Å²) in [5.74, 6) is 1.32. The summed E-state index contributed by atoms with van der Waals surface area (Å²) in [6.07, 6.45) is 2.47. The lowest BCUT2D eigenvalue weighted by atomic mass is 9.97. The quantitative estimate of drug-likeness (QED) is 0.203. The van der Waals surface area contributed by atoms with E-state index < -0.39 is 0 Å². The van der Waals surface area contributed by atoms with Crippen molar-refractivity contribution >= 4 is 35.8 Å². The van der Waals surface area contributed by atoms with Gasteiger partial charge in [0.25, 0.3) is 0 Å². The zero-order chi connectivity index (χ0) is 21.7. The largest absolute Gasteiger partial charge is 0.467 e. The molecule has 1 aromatic carbocycles. The molecule has 1 aromatic heterocycles. The second kappa shape index (κ2) is 14.9. The van der Waals surface area contributed by atoms with Gasteiger partial charge in [-0.3, -0.25) is 9.79 Å². The van der Waals surface area contributed by atoms with Crippen LogP contribution in [-0.4, -0.2) is 69.8 Å². The highest BCUT2D eigenvalue weighted by Gasteiger charge is 2.27. The van der Waals surface area contributed by atoms with Crippen molar-refractivity contribution in [3.8, 4) is 0 Å². The van der Waals surface area contributed by atoms with Gasteiger partial charge in [0, 0.05) is 39.8 Å². The van der Waals surface area contributed by atoms with Gasteiger partial charge in [0.15, 0.2) is 5.96 Å². The Morgan fingerprint density at radius 3 is 2.62 bits per heavy atom. The lowest BCUT2D eigenvalue weighted by molar-refractivity contribution is -0.136. The van der Waals surface area contributed by atoms with Gasteiger partial charge in [-0.15, -0.1) is 24.0 Å². The van der Waals surface area contributed by atoms with Crippen molar-refractivity contribution in [2.45, 2.75) is 18.9 Å². The molecule has 1 fully saturated rings. The predicted molar refractivity (Wildman–Crippen MR) is 134 cm³/mol. The summed E-state index contributed by atoms with van der Waals surface area (Å²) < 4.78 is 16.2. The summed E-state index contributed by atoms with van der Waals surface area (Å²) in [5, 5.41) is 6.58. The number of aliphatic imine (C=N–C) groups is 1. The van der Waals surface area contributed by atoms with E-state index >= 15 is 0 Å². The van der Waals surface area contributed by atoms with Crippen LogP contribution < -0.4 is 10.6 Å². The molecule has 1 unspecified atom stereocenters. The Balaban J connectivity index is 0.00000363. The average Bonchev–Trinajstić information content (AvgIpc) is 3.34. The van der Waals surface area contributed by atoms with E-state index in [1.54, 1.807) is 13.3 Å². The predicted octanol–water partition coefficient (Wildman–Crippen LogP) is 2.61. The van der Waals surface area contributed by atoms with E-state index in [0.717, 1.165) is 17.7 Å². The van der Waals surface area contributed by atoms with Crippen LogP contribution in [0.2, 0.25) is 0 Å². The van der Waals surface area contributed by atoms with Gasteiger partial charge in [-0.05, 0) is 24.1 Å². The zero-order valence-electron chi connectivity index (χ0n) is 18.5. The molecular weight excluding hydrogens is 523 g/mol. The molecule has 9 heteroatoms. The molecule has 176 valence electrons. The summed E-state index contributed by atoms with van der Waals surface area (Å²) >= 11 is 0. The summed E-state index contributed by atoms with van der Waals surface area (Å²) in [6, 6.07) is 13.6. The minimum atomic E-state index is -0.283. The van der Waals surface area contributed by atoms with Crippen molar-refractivity contribution in [2.24, 2.45) is 4.99 Å². The van der Waals surface area contributed by atoms with Crippen LogP contribution in [0.4, 0.5) is 0 Å². The van der Waals surface area contributed by atoms with E-state index in [2.05, 4.69) is 15.6 Å². The van der Waals surface area contributed by atoms with E-state index in [4.69, 9.17) is 13.9 Å². The molecule has 1 amide bonds. The van der Waals surface area contributed by atoms with Crippen molar-refractivity contribution in [2.75, 3.05) is 53.0 Å². The number of halogens is 1. The third kappa shape index (κ3) is 8.44. The normalized spacial score (nSPS) is 15.0. The van der Waals surface area contributed by atoms with Gasteiger partial charge < -0.3 is 29.4 Å². The van der Waals surface area contributed by atoms with Gasteiger partial charge in [0.1, 0.15) is 12.4 Å². The maximum atomic E-state index is 13.2. The SMILES string of the molecule is CN=C(NCCCOCc1ccco1)NCC(C(=O)N1CCOCC1)c1ccccc1.I. The smallest absolute Gasteiger partial charge is 0.232 e. The maximum absolute atomic E-state index is 13.2. The van der Waals surface area contributed by atoms with E-state index in [0.29, 0.717) is 58.6 Å². The number of nitrogens with zero attached hydrogens (tertiary/aromatic N) is 2. The van der Waals surface area contributed by atoms with Gasteiger partial charge in [-0.2, -0.15) is 0 Å². The molecule has 1 atom stereocenters. The molecule has 1 aliphatic heterocycles. The van der Waals surface area contributed by atoms with Gasteiger partial charge in [-0.1, -0.05) is 30.3 Å². The number of carbonyl (C=O) groups is 1. The molecule has 0 saturated carbocycles. The minimum absolute atomic E-state index is 0. The minimum Gasteiger partial charge on any atom is -0.467 e. The Morgan fingerprint density at radius 1 is 1.16 bits per heavy atom. The van der Waals surface area contributed by atoms with Gasteiger partial charge in [0.05, 0.1) is 25.4 Å². The standard InChI is InChI=1S/C23H32N4O4.HI/c1-24-23(25-10-6-13-30-18-20-9-5-14-31-20)26-17-21(19-7-3-2-4-8-19)22(28)27-11-15-29-16-12-27;/h2-5,7-9,14,21H,6,10-13,15-18H2,1H3,(H2,24,25,26);1H. The van der Waals surface area contributed by atoms with Crippen LogP contribution in [0.15, 0.2) is 58.1 Å². The van der Waals surface area contributed by atoms with Crippen molar-refractivity contribution in [3.63, 3.8) is 0 Å². The van der Waals surface area contributed by atoms with Crippen molar-refractivity contribution in [3.05, 3.63) is 60.1 Å². The summed E-state index contributed by atoms with van der Waals surface area (Å²) in [5.41, 5.74) is 0.994. The first kappa shape index (κ1) is 26.1. The second-order valence-corrected chi connectivity index (χ2v) is 7.27. The van der Waals surface area contributed by atoms with Crippen molar-refractivity contribution in [1.82, 2.24) is 15.5 Å². The van der Waals surface area contributed by atoms with E-state index in [9.17, 15) is 4.79 Å². The van der Waals surface area contributed by atoms with Crippen LogP contribution in [0.1, 0.15) is 23.7 Å². The first-order valence-corrected chi connectivity index (χ1v) is 10.7. The fourth-order valence-corrected chi connectivity index (χ4v) is 3.41. The molecule has 0 spiro atoms.